The van der Waals surface area contributed by atoms with Crippen LogP contribution in [0.3, 0.4) is 0 Å². The second-order valence-corrected chi connectivity index (χ2v) is 4.87. The molecule has 0 atom stereocenters. The third-order valence-corrected chi connectivity index (χ3v) is 3.27. The quantitative estimate of drug-likeness (QED) is 0.518. The molecule has 2 rings (SSSR count). The van der Waals surface area contributed by atoms with Crippen molar-refractivity contribution >= 4 is 46.8 Å². The van der Waals surface area contributed by atoms with Crippen molar-refractivity contribution in [1.29, 1.82) is 5.26 Å². The topological polar surface area (TPSA) is 61.1 Å². The third-order valence-electron chi connectivity index (χ3n) is 2.31. The van der Waals surface area contributed by atoms with Gasteiger partial charge in [0.15, 0.2) is 5.82 Å². The van der Waals surface area contributed by atoms with Gasteiger partial charge < -0.3 is 0 Å². The van der Waals surface area contributed by atoms with Gasteiger partial charge in [-0.2, -0.15) is 10.4 Å². The van der Waals surface area contributed by atoms with E-state index in [-0.39, 0.29) is 10.2 Å². The van der Waals surface area contributed by atoms with Gasteiger partial charge in [0.1, 0.15) is 5.15 Å². The number of hydrazone groups is 1. The number of halogens is 3. The molecule has 1 aromatic carbocycles. The Morgan fingerprint density at radius 3 is 2.50 bits per heavy atom. The number of nitriles is 1. The minimum Gasteiger partial charge on any atom is -0.260 e. The second-order valence-electron chi connectivity index (χ2n) is 3.70. The molecule has 1 N–H and O–H groups in total. The standard InChI is InChI=1S/C13H7Cl3N4/c14-10-5-11(15)13(19-12(10)16)20-18-7-9-3-1-8(6-17)2-4-9/h1-5,7H,(H,19,20). The largest absolute Gasteiger partial charge is 0.260 e. The second kappa shape index (κ2) is 6.58. The first-order valence-electron chi connectivity index (χ1n) is 5.41. The van der Waals surface area contributed by atoms with Crippen molar-refractivity contribution in [2.24, 2.45) is 5.10 Å². The fraction of sp³-hybridized carbons (Fsp3) is 0. The first-order valence-corrected chi connectivity index (χ1v) is 6.54. The van der Waals surface area contributed by atoms with Crippen LogP contribution in [-0.4, -0.2) is 11.2 Å². The summed E-state index contributed by atoms with van der Waals surface area (Å²) in [7, 11) is 0. The summed E-state index contributed by atoms with van der Waals surface area (Å²) in [4.78, 5) is 3.96. The number of hydrogen-bond donors (Lipinski definition) is 1. The van der Waals surface area contributed by atoms with Crippen LogP contribution in [0.2, 0.25) is 15.2 Å². The van der Waals surface area contributed by atoms with Crippen molar-refractivity contribution in [2.75, 3.05) is 5.43 Å². The lowest BCUT2D eigenvalue weighted by Crippen LogP contribution is -1.95. The van der Waals surface area contributed by atoms with Crippen LogP contribution in [0.25, 0.3) is 0 Å². The maximum atomic E-state index is 8.69. The number of hydrogen-bond acceptors (Lipinski definition) is 4. The van der Waals surface area contributed by atoms with Crippen molar-refractivity contribution in [3.63, 3.8) is 0 Å². The Bertz CT molecular complexity index is 690. The van der Waals surface area contributed by atoms with Gasteiger partial charge in [-0.3, -0.25) is 5.43 Å². The molecule has 2 aromatic rings. The van der Waals surface area contributed by atoms with Crippen molar-refractivity contribution < 1.29 is 0 Å². The molecule has 0 aliphatic carbocycles. The van der Waals surface area contributed by atoms with Gasteiger partial charge in [-0.05, 0) is 23.8 Å². The number of aromatic nitrogens is 1. The molecular formula is C13H7Cl3N4. The average Bonchev–Trinajstić information content (AvgIpc) is 2.45. The number of anilines is 1. The zero-order valence-corrected chi connectivity index (χ0v) is 12.2. The van der Waals surface area contributed by atoms with Gasteiger partial charge >= 0.3 is 0 Å². The van der Waals surface area contributed by atoms with Crippen LogP contribution in [0.15, 0.2) is 35.4 Å². The number of nitrogens with zero attached hydrogens (tertiary/aromatic N) is 3. The number of benzene rings is 1. The van der Waals surface area contributed by atoms with Crippen molar-refractivity contribution in [3.05, 3.63) is 56.7 Å². The van der Waals surface area contributed by atoms with Crippen LogP contribution in [0.5, 0.6) is 0 Å². The molecule has 1 heterocycles. The molecular weight excluding hydrogens is 319 g/mol. The van der Waals surface area contributed by atoms with Crippen LogP contribution in [0, 0.1) is 11.3 Å². The van der Waals surface area contributed by atoms with Crippen LogP contribution in [-0.2, 0) is 0 Å². The first kappa shape index (κ1) is 14.6. The lowest BCUT2D eigenvalue weighted by molar-refractivity contribution is 1.23. The lowest BCUT2D eigenvalue weighted by atomic mass is 10.2. The molecule has 20 heavy (non-hydrogen) atoms. The van der Waals surface area contributed by atoms with E-state index in [1.807, 2.05) is 6.07 Å². The van der Waals surface area contributed by atoms with E-state index in [1.54, 1.807) is 30.5 Å². The van der Waals surface area contributed by atoms with E-state index in [9.17, 15) is 0 Å². The van der Waals surface area contributed by atoms with Gasteiger partial charge in [-0.25, -0.2) is 4.98 Å². The zero-order valence-electron chi connectivity index (χ0n) is 9.94. The molecule has 0 amide bonds. The molecule has 7 heteroatoms. The minimum absolute atomic E-state index is 0.145. The monoisotopic (exact) mass is 324 g/mol. The van der Waals surface area contributed by atoms with E-state index < -0.39 is 0 Å². The van der Waals surface area contributed by atoms with Crippen LogP contribution >= 0.6 is 34.8 Å². The summed E-state index contributed by atoms with van der Waals surface area (Å²) in [6.07, 6.45) is 1.57. The lowest BCUT2D eigenvalue weighted by Gasteiger charge is -2.03. The minimum atomic E-state index is 0.145. The zero-order chi connectivity index (χ0) is 14.5. The fourth-order valence-electron chi connectivity index (χ4n) is 1.33. The Hall–Kier alpha value is -1.80. The molecule has 0 unspecified atom stereocenters. The molecule has 4 nitrogen and oxygen atoms in total. The van der Waals surface area contributed by atoms with E-state index in [0.717, 1.165) is 5.56 Å². The highest BCUT2D eigenvalue weighted by molar-refractivity contribution is 6.42. The van der Waals surface area contributed by atoms with Gasteiger partial charge in [0.05, 0.1) is 27.9 Å². The predicted octanol–water partition coefficient (Wildman–Crippen LogP) is 4.36. The predicted molar refractivity (Wildman–Crippen MR) is 81.6 cm³/mol. The van der Waals surface area contributed by atoms with Gasteiger partial charge in [-0.15, -0.1) is 0 Å². The number of rotatable bonds is 3. The Balaban J connectivity index is 2.10. The average molecular weight is 326 g/mol. The summed E-state index contributed by atoms with van der Waals surface area (Å²) in [5, 5.41) is 13.4. The molecule has 0 saturated carbocycles. The molecule has 0 fully saturated rings. The van der Waals surface area contributed by atoms with Gasteiger partial charge in [-0.1, -0.05) is 46.9 Å². The molecule has 0 aliphatic rings. The molecule has 100 valence electrons. The van der Waals surface area contributed by atoms with Crippen LogP contribution in [0.1, 0.15) is 11.1 Å². The highest BCUT2D eigenvalue weighted by atomic mass is 35.5. The van der Waals surface area contributed by atoms with Gasteiger partial charge in [0.25, 0.3) is 0 Å². The van der Waals surface area contributed by atoms with Gasteiger partial charge in [0, 0.05) is 0 Å². The molecule has 0 spiro atoms. The first-order chi connectivity index (χ1) is 9.60. The maximum absolute atomic E-state index is 8.69. The summed E-state index contributed by atoms with van der Waals surface area (Å²) >= 11 is 17.5. The molecule has 0 saturated heterocycles. The van der Waals surface area contributed by atoms with E-state index in [2.05, 4.69) is 15.5 Å². The molecule has 0 aliphatic heterocycles. The third kappa shape index (κ3) is 3.61. The highest BCUT2D eigenvalue weighted by Crippen LogP contribution is 2.28. The van der Waals surface area contributed by atoms with Crippen molar-refractivity contribution in [2.45, 2.75) is 0 Å². The summed E-state index contributed by atoms with van der Waals surface area (Å²) in [6, 6.07) is 10.5. The summed E-state index contributed by atoms with van der Waals surface area (Å²) in [5.74, 6) is 0.311. The molecule has 0 bridgehead atoms. The summed E-state index contributed by atoms with van der Waals surface area (Å²) in [6.45, 7) is 0. The Morgan fingerprint density at radius 2 is 1.85 bits per heavy atom. The fourth-order valence-corrected chi connectivity index (χ4v) is 1.87. The van der Waals surface area contributed by atoms with E-state index >= 15 is 0 Å². The smallest absolute Gasteiger partial charge is 0.166 e. The Kier molecular flexibility index (Phi) is 4.80. The van der Waals surface area contributed by atoms with Crippen LogP contribution in [0.4, 0.5) is 5.82 Å². The Morgan fingerprint density at radius 1 is 1.15 bits per heavy atom. The summed E-state index contributed by atoms with van der Waals surface area (Å²) < 4.78 is 0. The highest BCUT2D eigenvalue weighted by Gasteiger charge is 2.06. The normalized spacial score (nSPS) is 10.5. The Labute approximate surface area is 130 Å². The van der Waals surface area contributed by atoms with Crippen molar-refractivity contribution in [3.8, 4) is 6.07 Å². The summed E-state index contributed by atoms with van der Waals surface area (Å²) in [5.41, 5.74) is 4.09. The molecule has 1 aromatic heterocycles. The number of pyridine rings is 1. The SMILES string of the molecule is N#Cc1ccc(C=NNc2nc(Cl)c(Cl)cc2Cl)cc1. The van der Waals surface area contributed by atoms with E-state index in [1.165, 1.54) is 6.07 Å². The van der Waals surface area contributed by atoms with Crippen molar-refractivity contribution in [1.82, 2.24) is 4.98 Å². The van der Waals surface area contributed by atoms with E-state index in [0.29, 0.717) is 16.4 Å². The van der Waals surface area contributed by atoms with Gasteiger partial charge in [0.2, 0.25) is 0 Å². The number of nitrogens with one attached hydrogen (secondary N) is 1. The maximum Gasteiger partial charge on any atom is 0.166 e. The van der Waals surface area contributed by atoms with E-state index in [4.69, 9.17) is 40.1 Å². The molecule has 0 radical (unpaired) electrons. The van der Waals surface area contributed by atoms with Crippen LogP contribution < -0.4 is 5.43 Å².